The van der Waals surface area contributed by atoms with Gasteiger partial charge in [0, 0.05) is 4.47 Å². The predicted octanol–water partition coefficient (Wildman–Crippen LogP) is 2.45. The molecule has 0 atom stereocenters. The van der Waals surface area contributed by atoms with Gasteiger partial charge >= 0.3 is 0 Å². The summed E-state index contributed by atoms with van der Waals surface area (Å²) in [5, 5.41) is 0. The summed E-state index contributed by atoms with van der Waals surface area (Å²) in [5.74, 6) is 0. The molecule has 2 nitrogen and oxygen atoms in total. The van der Waals surface area contributed by atoms with Crippen molar-refractivity contribution in [2.45, 2.75) is 0 Å². The van der Waals surface area contributed by atoms with E-state index in [-0.39, 0.29) is 0 Å². The third-order valence-electron chi connectivity index (χ3n) is 1.24. The highest BCUT2D eigenvalue weighted by atomic mass is 79.9. The van der Waals surface area contributed by atoms with Crippen LogP contribution < -0.4 is 0 Å². The zero-order valence-corrected chi connectivity index (χ0v) is 7.32. The minimum atomic E-state index is 0.951. The van der Waals surface area contributed by atoms with Gasteiger partial charge in [-0.2, -0.15) is 8.75 Å². The van der Waals surface area contributed by atoms with Crippen molar-refractivity contribution in [1.82, 2.24) is 8.75 Å². The maximum absolute atomic E-state index is 4.10. The lowest BCUT2D eigenvalue weighted by Gasteiger charge is -1.86. The van der Waals surface area contributed by atoms with Crippen molar-refractivity contribution in [3.05, 3.63) is 22.7 Å². The molecule has 0 N–H and O–H groups in total. The first-order chi connectivity index (χ1) is 4.88. The molecule has 0 aliphatic heterocycles. The van der Waals surface area contributed by atoms with Crippen molar-refractivity contribution in [3.8, 4) is 0 Å². The van der Waals surface area contributed by atoms with Crippen LogP contribution in [-0.2, 0) is 0 Å². The Hall–Kier alpha value is -0.480. The van der Waals surface area contributed by atoms with Gasteiger partial charge in [0.25, 0.3) is 0 Å². The molecule has 0 unspecified atom stereocenters. The highest BCUT2D eigenvalue weighted by molar-refractivity contribution is 9.10. The summed E-state index contributed by atoms with van der Waals surface area (Å²) in [6, 6.07) is 5.86. The molecule has 2 aromatic rings. The van der Waals surface area contributed by atoms with Crippen LogP contribution in [0, 0.1) is 0 Å². The van der Waals surface area contributed by atoms with Crippen molar-refractivity contribution in [1.29, 1.82) is 0 Å². The second-order valence-electron chi connectivity index (χ2n) is 1.87. The SMILES string of the molecule is Brc1cccc2nsnc12. The van der Waals surface area contributed by atoms with E-state index >= 15 is 0 Å². The number of rotatable bonds is 0. The summed E-state index contributed by atoms with van der Waals surface area (Å²) in [7, 11) is 0. The predicted molar refractivity (Wildman–Crippen MR) is 45.1 cm³/mol. The van der Waals surface area contributed by atoms with Gasteiger partial charge in [-0.1, -0.05) is 6.07 Å². The van der Waals surface area contributed by atoms with Gasteiger partial charge in [0.1, 0.15) is 11.0 Å². The number of hydrogen-bond donors (Lipinski definition) is 0. The van der Waals surface area contributed by atoms with E-state index in [1.807, 2.05) is 18.2 Å². The van der Waals surface area contributed by atoms with Gasteiger partial charge in [0.05, 0.1) is 11.7 Å². The fraction of sp³-hybridized carbons (Fsp3) is 0. The van der Waals surface area contributed by atoms with E-state index in [4.69, 9.17) is 0 Å². The summed E-state index contributed by atoms with van der Waals surface area (Å²) < 4.78 is 9.19. The van der Waals surface area contributed by atoms with Crippen molar-refractivity contribution < 1.29 is 0 Å². The minimum Gasteiger partial charge on any atom is -0.173 e. The van der Waals surface area contributed by atoms with Gasteiger partial charge in [-0.3, -0.25) is 0 Å². The molecule has 0 spiro atoms. The zero-order valence-electron chi connectivity index (χ0n) is 4.91. The van der Waals surface area contributed by atoms with Gasteiger partial charge in [0.2, 0.25) is 0 Å². The Labute approximate surface area is 70.3 Å². The van der Waals surface area contributed by atoms with E-state index in [0.29, 0.717) is 0 Å². The van der Waals surface area contributed by atoms with Gasteiger partial charge in [-0.05, 0) is 28.1 Å². The molecular weight excluding hydrogens is 212 g/mol. The molecule has 0 radical (unpaired) electrons. The number of halogens is 1. The summed E-state index contributed by atoms with van der Waals surface area (Å²) >= 11 is 4.62. The Balaban J connectivity index is 2.95. The number of hydrogen-bond acceptors (Lipinski definition) is 3. The largest absolute Gasteiger partial charge is 0.173 e. The molecule has 0 aliphatic carbocycles. The van der Waals surface area contributed by atoms with E-state index in [0.717, 1.165) is 15.5 Å². The molecular formula is C6H3BrN2S. The van der Waals surface area contributed by atoms with Crippen molar-refractivity contribution >= 4 is 38.7 Å². The first-order valence-electron chi connectivity index (χ1n) is 2.75. The smallest absolute Gasteiger partial charge is 0.118 e. The molecule has 4 heteroatoms. The summed E-state index contributed by atoms with van der Waals surface area (Å²) in [6.45, 7) is 0. The van der Waals surface area contributed by atoms with Crippen molar-refractivity contribution in [2.24, 2.45) is 0 Å². The molecule has 50 valence electrons. The molecule has 1 heterocycles. The van der Waals surface area contributed by atoms with E-state index < -0.39 is 0 Å². The van der Waals surface area contributed by atoms with E-state index in [2.05, 4.69) is 24.7 Å². The number of nitrogens with zero attached hydrogens (tertiary/aromatic N) is 2. The second kappa shape index (κ2) is 2.29. The van der Waals surface area contributed by atoms with Gasteiger partial charge in [-0.25, -0.2) is 0 Å². The van der Waals surface area contributed by atoms with Crippen molar-refractivity contribution in [3.63, 3.8) is 0 Å². The zero-order chi connectivity index (χ0) is 6.97. The average molecular weight is 215 g/mol. The number of aromatic nitrogens is 2. The fourth-order valence-electron chi connectivity index (χ4n) is 0.773. The van der Waals surface area contributed by atoms with Crippen LogP contribution in [-0.4, -0.2) is 8.75 Å². The molecule has 1 aromatic heterocycles. The lowest BCUT2D eigenvalue weighted by molar-refractivity contribution is 1.61. The van der Waals surface area contributed by atoms with Gasteiger partial charge in [-0.15, -0.1) is 0 Å². The van der Waals surface area contributed by atoms with Gasteiger partial charge < -0.3 is 0 Å². The van der Waals surface area contributed by atoms with Crippen LogP contribution in [0.5, 0.6) is 0 Å². The molecule has 0 saturated heterocycles. The van der Waals surface area contributed by atoms with Crippen LogP contribution in [0.15, 0.2) is 22.7 Å². The standard InChI is InChI=1S/C6H3BrN2S/c7-4-2-1-3-5-6(4)9-10-8-5/h1-3H. The highest BCUT2D eigenvalue weighted by Gasteiger charge is 1.99. The lowest BCUT2D eigenvalue weighted by atomic mass is 10.3. The maximum atomic E-state index is 4.10. The number of benzene rings is 1. The summed E-state index contributed by atoms with van der Waals surface area (Å²) in [6.07, 6.45) is 0. The van der Waals surface area contributed by atoms with E-state index in [1.165, 1.54) is 11.7 Å². The Morgan fingerprint density at radius 3 is 3.00 bits per heavy atom. The van der Waals surface area contributed by atoms with Crippen LogP contribution in [0.1, 0.15) is 0 Å². The van der Waals surface area contributed by atoms with Crippen LogP contribution in [0.3, 0.4) is 0 Å². The highest BCUT2D eigenvalue weighted by Crippen LogP contribution is 2.20. The Morgan fingerprint density at radius 1 is 1.30 bits per heavy atom. The summed E-state index contributed by atoms with van der Waals surface area (Å²) in [5.41, 5.74) is 1.91. The first kappa shape index (κ1) is 6.24. The lowest BCUT2D eigenvalue weighted by Crippen LogP contribution is -1.68. The third kappa shape index (κ3) is 0.839. The molecule has 0 aliphatic rings. The van der Waals surface area contributed by atoms with E-state index in [9.17, 15) is 0 Å². The normalized spacial score (nSPS) is 10.5. The topological polar surface area (TPSA) is 25.8 Å². The molecule has 1 aromatic carbocycles. The molecule has 0 fully saturated rings. The molecule has 10 heavy (non-hydrogen) atoms. The van der Waals surface area contributed by atoms with Crippen molar-refractivity contribution in [2.75, 3.05) is 0 Å². The Morgan fingerprint density at radius 2 is 2.20 bits per heavy atom. The van der Waals surface area contributed by atoms with Crippen LogP contribution in [0.4, 0.5) is 0 Å². The average Bonchev–Trinajstić information content (AvgIpc) is 2.36. The first-order valence-corrected chi connectivity index (χ1v) is 4.27. The molecule has 0 amide bonds. The fourth-order valence-corrected chi connectivity index (χ4v) is 1.88. The van der Waals surface area contributed by atoms with Crippen LogP contribution >= 0.6 is 27.7 Å². The molecule has 2 rings (SSSR count). The monoisotopic (exact) mass is 214 g/mol. The summed E-state index contributed by atoms with van der Waals surface area (Å²) in [4.78, 5) is 0. The Bertz CT molecular complexity index is 357. The quantitative estimate of drug-likeness (QED) is 0.674. The Kier molecular flexibility index (Phi) is 1.43. The third-order valence-corrected chi connectivity index (χ3v) is 2.42. The second-order valence-corrected chi connectivity index (χ2v) is 3.25. The number of fused-ring (bicyclic) bond motifs is 1. The molecule has 0 saturated carbocycles. The van der Waals surface area contributed by atoms with Gasteiger partial charge in [0.15, 0.2) is 0 Å². The molecule has 0 bridgehead atoms. The minimum absolute atomic E-state index is 0.951. The maximum Gasteiger partial charge on any atom is 0.118 e. The van der Waals surface area contributed by atoms with Crippen LogP contribution in [0.25, 0.3) is 11.0 Å². The van der Waals surface area contributed by atoms with E-state index in [1.54, 1.807) is 0 Å². The van der Waals surface area contributed by atoms with Crippen LogP contribution in [0.2, 0.25) is 0 Å².